The summed E-state index contributed by atoms with van der Waals surface area (Å²) in [6, 6.07) is 18.8. The third-order valence-electron chi connectivity index (χ3n) is 4.65. The van der Waals surface area contributed by atoms with Crippen molar-refractivity contribution in [2.24, 2.45) is 0 Å². The second kappa shape index (κ2) is 9.01. The Morgan fingerprint density at radius 3 is 2.68 bits per heavy atom. The predicted molar refractivity (Wildman–Crippen MR) is 131 cm³/mol. The number of halogens is 1. The van der Waals surface area contributed by atoms with Crippen molar-refractivity contribution < 1.29 is 9.53 Å². The average Bonchev–Trinajstić information content (AvgIpc) is 3.20. The van der Waals surface area contributed by atoms with E-state index < -0.39 is 0 Å². The number of hydrogen-bond donors (Lipinski definition) is 2. The Balaban J connectivity index is 1.55. The highest BCUT2D eigenvalue weighted by molar-refractivity contribution is 7.80. The van der Waals surface area contributed by atoms with Gasteiger partial charge in [-0.2, -0.15) is 0 Å². The lowest BCUT2D eigenvalue weighted by atomic mass is 10.1. The number of rotatable bonds is 4. The van der Waals surface area contributed by atoms with Gasteiger partial charge in [0.05, 0.1) is 23.0 Å². The highest BCUT2D eigenvalue weighted by Gasteiger charge is 2.13. The van der Waals surface area contributed by atoms with Gasteiger partial charge in [0.25, 0.3) is 5.91 Å². The van der Waals surface area contributed by atoms with E-state index in [9.17, 15) is 4.79 Å². The number of nitrogens with one attached hydrogen (secondary N) is 2. The van der Waals surface area contributed by atoms with Crippen LogP contribution in [0.25, 0.3) is 20.8 Å². The normalized spacial score (nSPS) is 10.7. The monoisotopic (exact) mass is 467 g/mol. The lowest BCUT2D eigenvalue weighted by molar-refractivity contribution is 0.0977. The van der Waals surface area contributed by atoms with Crippen LogP contribution in [-0.2, 0) is 0 Å². The largest absolute Gasteiger partial charge is 0.495 e. The van der Waals surface area contributed by atoms with Crippen LogP contribution in [0.1, 0.15) is 15.9 Å². The van der Waals surface area contributed by atoms with E-state index in [2.05, 4.69) is 10.6 Å². The first-order chi connectivity index (χ1) is 14.9. The van der Waals surface area contributed by atoms with Crippen molar-refractivity contribution >= 4 is 62.1 Å². The minimum absolute atomic E-state index is 0.154. The first kappa shape index (κ1) is 21.2. The van der Waals surface area contributed by atoms with Crippen LogP contribution in [0.3, 0.4) is 0 Å². The van der Waals surface area contributed by atoms with E-state index in [0.29, 0.717) is 22.0 Å². The van der Waals surface area contributed by atoms with Crippen molar-refractivity contribution in [1.82, 2.24) is 10.3 Å². The van der Waals surface area contributed by atoms with Gasteiger partial charge in [0.15, 0.2) is 5.11 Å². The number of methoxy groups -OCH3 is 1. The number of aryl methyl sites for hydroxylation is 1. The van der Waals surface area contributed by atoms with Crippen LogP contribution in [-0.4, -0.2) is 23.1 Å². The number of benzene rings is 3. The molecular weight excluding hydrogens is 450 g/mol. The highest BCUT2D eigenvalue weighted by Crippen LogP contribution is 2.34. The number of hydrogen-bond acceptors (Lipinski definition) is 5. The van der Waals surface area contributed by atoms with E-state index in [1.807, 2.05) is 49.4 Å². The molecule has 0 aliphatic heterocycles. The van der Waals surface area contributed by atoms with Gasteiger partial charge >= 0.3 is 0 Å². The minimum atomic E-state index is -0.347. The van der Waals surface area contributed by atoms with E-state index in [1.54, 1.807) is 36.6 Å². The number of thiazole rings is 1. The average molecular weight is 468 g/mol. The zero-order valence-electron chi connectivity index (χ0n) is 16.7. The number of para-hydroxylation sites is 1. The molecule has 0 spiro atoms. The molecule has 0 fully saturated rings. The maximum absolute atomic E-state index is 12.5. The summed E-state index contributed by atoms with van der Waals surface area (Å²) in [6.07, 6.45) is 0. The number of ether oxygens (including phenoxy) is 1. The van der Waals surface area contributed by atoms with Gasteiger partial charge in [-0.3, -0.25) is 10.1 Å². The van der Waals surface area contributed by atoms with Gasteiger partial charge in [-0.1, -0.05) is 29.8 Å². The maximum atomic E-state index is 12.5. The lowest BCUT2D eigenvalue weighted by Gasteiger charge is -2.14. The molecule has 2 N–H and O–H groups in total. The fourth-order valence-corrected chi connectivity index (χ4v) is 4.34. The minimum Gasteiger partial charge on any atom is -0.495 e. The van der Waals surface area contributed by atoms with E-state index in [-0.39, 0.29) is 11.0 Å². The van der Waals surface area contributed by atoms with Crippen LogP contribution in [0.4, 0.5) is 5.69 Å². The van der Waals surface area contributed by atoms with Gasteiger partial charge in [-0.15, -0.1) is 11.3 Å². The third kappa shape index (κ3) is 4.69. The third-order valence-corrected chi connectivity index (χ3v) is 6.35. The number of anilines is 1. The number of nitrogens with zero attached hydrogens (tertiary/aromatic N) is 1. The van der Waals surface area contributed by atoms with E-state index in [4.69, 9.17) is 33.5 Å². The van der Waals surface area contributed by atoms with E-state index in [1.165, 1.54) is 0 Å². The second-order valence-corrected chi connectivity index (χ2v) is 8.62. The summed E-state index contributed by atoms with van der Waals surface area (Å²) in [5, 5.41) is 7.29. The smallest absolute Gasteiger partial charge is 0.257 e. The zero-order chi connectivity index (χ0) is 22.0. The first-order valence-electron chi connectivity index (χ1n) is 9.37. The highest BCUT2D eigenvalue weighted by atomic mass is 35.5. The molecule has 0 unspecified atom stereocenters. The van der Waals surface area contributed by atoms with Crippen LogP contribution >= 0.6 is 35.2 Å². The number of fused-ring (bicyclic) bond motifs is 1. The first-order valence-corrected chi connectivity index (χ1v) is 11.0. The number of thiocarbonyl (C=S) groups is 1. The maximum Gasteiger partial charge on any atom is 0.257 e. The molecule has 0 radical (unpaired) electrons. The van der Waals surface area contributed by atoms with E-state index >= 15 is 0 Å². The Morgan fingerprint density at radius 1 is 1.13 bits per heavy atom. The number of aromatic nitrogens is 1. The van der Waals surface area contributed by atoms with Crippen LogP contribution < -0.4 is 15.4 Å². The molecule has 5 nitrogen and oxygen atoms in total. The van der Waals surface area contributed by atoms with Crippen LogP contribution in [0.2, 0.25) is 5.02 Å². The molecular formula is C23H18ClN3O2S2. The summed E-state index contributed by atoms with van der Waals surface area (Å²) >= 11 is 13.1. The van der Waals surface area contributed by atoms with Gasteiger partial charge in [-0.25, -0.2) is 4.98 Å². The fraction of sp³-hybridized carbons (Fsp3) is 0.0870. The Bertz CT molecular complexity index is 1270. The summed E-state index contributed by atoms with van der Waals surface area (Å²) in [5.41, 5.74) is 3.83. The Kier molecular flexibility index (Phi) is 6.18. The summed E-state index contributed by atoms with van der Waals surface area (Å²) in [5.74, 6) is 0.250. The zero-order valence-corrected chi connectivity index (χ0v) is 19.1. The Labute approximate surface area is 194 Å². The van der Waals surface area contributed by atoms with Gasteiger partial charge < -0.3 is 10.1 Å². The standard InChI is InChI=1S/C23H18ClN3O2S2/c1-13-7-8-14(11-16(13)24)21(28)27-23(30)26-18-12-15(9-10-19(18)29-2)22-25-17-5-3-4-6-20(17)31-22/h3-12H,1-2H3,(H2,26,27,28,30). The summed E-state index contributed by atoms with van der Waals surface area (Å²) < 4.78 is 6.56. The molecule has 3 aromatic carbocycles. The quantitative estimate of drug-likeness (QED) is 0.357. The summed E-state index contributed by atoms with van der Waals surface area (Å²) in [7, 11) is 1.58. The van der Waals surface area contributed by atoms with Gasteiger partial charge in [0, 0.05) is 16.1 Å². The van der Waals surface area contributed by atoms with Crippen LogP contribution in [0, 0.1) is 6.92 Å². The fourth-order valence-electron chi connectivity index (χ4n) is 3.00. The van der Waals surface area contributed by atoms with Crippen molar-refractivity contribution in [3.8, 4) is 16.3 Å². The summed E-state index contributed by atoms with van der Waals surface area (Å²) in [6.45, 7) is 1.88. The summed E-state index contributed by atoms with van der Waals surface area (Å²) in [4.78, 5) is 17.2. The molecule has 31 heavy (non-hydrogen) atoms. The number of amides is 1. The predicted octanol–water partition coefficient (Wildman–Crippen LogP) is 6.06. The number of carbonyl (C=O) groups excluding carboxylic acids is 1. The van der Waals surface area contributed by atoms with Crippen molar-refractivity contribution in [3.63, 3.8) is 0 Å². The second-order valence-electron chi connectivity index (χ2n) is 6.77. The molecule has 4 rings (SSSR count). The van der Waals surface area contributed by atoms with Gasteiger partial charge in [0.2, 0.25) is 0 Å². The van der Waals surface area contributed by atoms with Crippen LogP contribution in [0.15, 0.2) is 60.7 Å². The van der Waals surface area contributed by atoms with Crippen molar-refractivity contribution in [3.05, 3.63) is 76.8 Å². The molecule has 0 bridgehead atoms. The SMILES string of the molecule is COc1ccc(-c2nc3ccccc3s2)cc1NC(=S)NC(=O)c1ccc(C)c(Cl)c1. The molecule has 1 aromatic heterocycles. The Hall–Kier alpha value is -3.00. The van der Waals surface area contributed by atoms with Gasteiger partial charge in [-0.05, 0) is 67.2 Å². The Morgan fingerprint density at radius 2 is 1.94 bits per heavy atom. The molecule has 1 amide bonds. The molecule has 0 atom stereocenters. The molecule has 156 valence electrons. The molecule has 4 aromatic rings. The molecule has 8 heteroatoms. The van der Waals surface area contributed by atoms with Crippen molar-refractivity contribution in [2.75, 3.05) is 12.4 Å². The van der Waals surface area contributed by atoms with E-state index in [0.717, 1.165) is 26.4 Å². The molecule has 0 aliphatic carbocycles. The van der Waals surface area contributed by atoms with Crippen molar-refractivity contribution in [2.45, 2.75) is 6.92 Å². The van der Waals surface area contributed by atoms with Crippen molar-refractivity contribution in [1.29, 1.82) is 0 Å². The molecule has 0 saturated carbocycles. The molecule has 0 saturated heterocycles. The topological polar surface area (TPSA) is 63.2 Å². The lowest BCUT2D eigenvalue weighted by Crippen LogP contribution is -2.34. The molecule has 0 aliphatic rings. The molecule has 1 heterocycles. The van der Waals surface area contributed by atoms with Gasteiger partial charge in [0.1, 0.15) is 10.8 Å². The van der Waals surface area contributed by atoms with Crippen LogP contribution in [0.5, 0.6) is 5.75 Å². The number of carbonyl (C=O) groups is 1.